The number of alkyl halides is 3. The molecular formula is C13H8F3N3O2. The van der Waals surface area contributed by atoms with Crippen LogP contribution in [0.15, 0.2) is 30.5 Å². The van der Waals surface area contributed by atoms with Gasteiger partial charge in [0.25, 0.3) is 0 Å². The fourth-order valence-electron chi connectivity index (χ4n) is 2.24. The second kappa shape index (κ2) is 4.37. The molecule has 3 N–H and O–H groups in total. The van der Waals surface area contributed by atoms with Gasteiger partial charge in [0.1, 0.15) is 11.3 Å². The zero-order chi connectivity index (χ0) is 15.2. The number of aromatic nitrogens is 3. The molecule has 5 nitrogen and oxygen atoms in total. The zero-order valence-corrected chi connectivity index (χ0v) is 10.3. The van der Waals surface area contributed by atoms with Gasteiger partial charge in [-0.05, 0) is 12.1 Å². The average molecular weight is 295 g/mol. The molecule has 2 heterocycles. The van der Waals surface area contributed by atoms with Crippen LogP contribution in [0, 0.1) is 0 Å². The molecular weight excluding hydrogens is 287 g/mol. The Kier molecular flexibility index (Phi) is 2.75. The summed E-state index contributed by atoms with van der Waals surface area (Å²) in [5.41, 5.74) is -1.48. The number of H-pyrrole nitrogens is 2. The molecule has 0 spiro atoms. The Morgan fingerprint density at radius 1 is 1.24 bits per heavy atom. The van der Waals surface area contributed by atoms with Gasteiger partial charge in [0, 0.05) is 22.7 Å². The largest absolute Gasteiger partial charge is 0.478 e. The highest BCUT2D eigenvalue weighted by atomic mass is 19.4. The molecule has 0 amide bonds. The number of hydrogen-bond donors (Lipinski definition) is 3. The Balaban J connectivity index is 2.31. The van der Waals surface area contributed by atoms with Crippen LogP contribution in [0.4, 0.5) is 13.2 Å². The minimum Gasteiger partial charge on any atom is -0.478 e. The number of aromatic amines is 2. The van der Waals surface area contributed by atoms with Crippen LogP contribution in [0.25, 0.3) is 22.2 Å². The van der Waals surface area contributed by atoms with Gasteiger partial charge < -0.3 is 10.1 Å². The molecule has 0 radical (unpaired) electrons. The molecule has 21 heavy (non-hydrogen) atoms. The summed E-state index contributed by atoms with van der Waals surface area (Å²) in [6.45, 7) is 0. The monoisotopic (exact) mass is 295 g/mol. The fourth-order valence-corrected chi connectivity index (χ4v) is 2.24. The number of rotatable bonds is 2. The van der Waals surface area contributed by atoms with Crippen LogP contribution in [0.3, 0.4) is 0 Å². The maximum absolute atomic E-state index is 12.9. The second-order valence-corrected chi connectivity index (χ2v) is 4.37. The van der Waals surface area contributed by atoms with Gasteiger partial charge in [-0.2, -0.15) is 18.3 Å². The van der Waals surface area contributed by atoms with Gasteiger partial charge >= 0.3 is 12.1 Å². The first kappa shape index (κ1) is 13.2. The Labute approximate surface area is 115 Å². The molecule has 8 heteroatoms. The van der Waals surface area contributed by atoms with Crippen molar-refractivity contribution in [2.75, 3.05) is 0 Å². The highest BCUT2D eigenvalue weighted by molar-refractivity contribution is 6.02. The molecule has 0 aliphatic rings. The van der Waals surface area contributed by atoms with E-state index in [1.54, 1.807) is 29.5 Å². The van der Waals surface area contributed by atoms with Crippen LogP contribution >= 0.6 is 0 Å². The number of carbonyl (C=O) groups is 1. The summed E-state index contributed by atoms with van der Waals surface area (Å²) < 4.78 is 38.6. The summed E-state index contributed by atoms with van der Waals surface area (Å²) in [6, 6.07) is 6.52. The number of halogens is 3. The molecule has 2 aromatic heterocycles. The highest BCUT2D eigenvalue weighted by Gasteiger charge is 2.40. The van der Waals surface area contributed by atoms with E-state index in [2.05, 4.69) is 10.1 Å². The fraction of sp³-hybridized carbons (Fsp3) is 0.0769. The molecule has 108 valence electrons. The first-order chi connectivity index (χ1) is 9.89. The molecule has 0 unspecified atom stereocenters. The van der Waals surface area contributed by atoms with Crippen LogP contribution in [0.5, 0.6) is 0 Å². The van der Waals surface area contributed by atoms with Gasteiger partial charge in [0.05, 0.1) is 0 Å². The molecule has 0 saturated carbocycles. The number of nitrogens with one attached hydrogen (secondary N) is 2. The SMILES string of the molecule is O=C(O)c1c(-c2cccc3[nH]ccc23)n[nH]c1C(F)(F)F. The number of aromatic carboxylic acids is 1. The lowest BCUT2D eigenvalue weighted by molar-refractivity contribution is -0.141. The Hall–Kier alpha value is -2.77. The molecule has 0 aliphatic heterocycles. The summed E-state index contributed by atoms with van der Waals surface area (Å²) in [6.07, 6.45) is -3.20. The summed E-state index contributed by atoms with van der Waals surface area (Å²) in [5.74, 6) is -1.68. The van der Waals surface area contributed by atoms with Crippen LogP contribution in [0.2, 0.25) is 0 Å². The van der Waals surface area contributed by atoms with E-state index in [1.807, 2.05) is 0 Å². The van der Waals surface area contributed by atoms with E-state index in [0.717, 1.165) is 0 Å². The van der Waals surface area contributed by atoms with Crippen molar-refractivity contribution in [2.24, 2.45) is 0 Å². The number of nitrogens with zero attached hydrogens (tertiary/aromatic N) is 1. The molecule has 1 aromatic carbocycles. The van der Waals surface area contributed by atoms with E-state index >= 15 is 0 Å². The van der Waals surface area contributed by atoms with Crippen molar-refractivity contribution in [3.05, 3.63) is 41.7 Å². The van der Waals surface area contributed by atoms with Gasteiger partial charge in [-0.3, -0.25) is 5.10 Å². The van der Waals surface area contributed by atoms with Crippen molar-refractivity contribution >= 4 is 16.9 Å². The Morgan fingerprint density at radius 3 is 2.67 bits per heavy atom. The molecule has 0 fully saturated rings. The summed E-state index contributed by atoms with van der Waals surface area (Å²) in [4.78, 5) is 14.1. The normalized spacial score (nSPS) is 12.0. The van der Waals surface area contributed by atoms with E-state index in [0.29, 0.717) is 16.5 Å². The molecule has 0 bridgehead atoms. The van der Waals surface area contributed by atoms with Crippen molar-refractivity contribution in [3.63, 3.8) is 0 Å². The number of hydrogen-bond acceptors (Lipinski definition) is 2. The first-order valence-corrected chi connectivity index (χ1v) is 5.85. The van der Waals surface area contributed by atoms with Crippen molar-refractivity contribution in [3.8, 4) is 11.3 Å². The van der Waals surface area contributed by atoms with Crippen LogP contribution in [-0.4, -0.2) is 26.3 Å². The van der Waals surface area contributed by atoms with E-state index in [9.17, 15) is 18.0 Å². The Morgan fingerprint density at radius 2 is 2.00 bits per heavy atom. The number of fused-ring (bicyclic) bond motifs is 1. The van der Waals surface area contributed by atoms with Crippen molar-refractivity contribution < 1.29 is 23.1 Å². The minimum atomic E-state index is -4.81. The molecule has 3 aromatic rings. The quantitative estimate of drug-likeness (QED) is 0.678. The van der Waals surface area contributed by atoms with Gasteiger partial charge in [-0.25, -0.2) is 4.79 Å². The average Bonchev–Trinajstić information content (AvgIpc) is 3.03. The van der Waals surface area contributed by atoms with Crippen molar-refractivity contribution in [1.29, 1.82) is 0 Å². The van der Waals surface area contributed by atoms with E-state index in [1.165, 1.54) is 6.07 Å². The summed E-state index contributed by atoms with van der Waals surface area (Å²) in [7, 11) is 0. The van der Waals surface area contributed by atoms with Crippen LogP contribution < -0.4 is 0 Å². The maximum Gasteiger partial charge on any atom is 0.433 e. The molecule has 3 rings (SSSR count). The standard InChI is InChI=1S/C13H8F3N3O2/c14-13(15,16)11-9(12(20)21)10(18-19-11)7-2-1-3-8-6(7)4-5-17-8/h1-5,17H,(H,18,19)(H,20,21). The molecule has 0 saturated heterocycles. The number of carboxylic acids is 1. The lowest BCUT2D eigenvalue weighted by Crippen LogP contribution is -2.12. The van der Waals surface area contributed by atoms with E-state index in [4.69, 9.17) is 5.11 Å². The third-order valence-electron chi connectivity index (χ3n) is 3.11. The molecule has 0 atom stereocenters. The smallest absolute Gasteiger partial charge is 0.433 e. The van der Waals surface area contributed by atoms with Crippen LogP contribution in [0.1, 0.15) is 16.1 Å². The predicted octanol–water partition coefficient (Wildman–Crippen LogP) is 3.28. The summed E-state index contributed by atoms with van der Waals surface area (Å²) in [5, 5.41) is 15.1. The van der Waals surface area contributed by atoms with Crippen molar-refractivity contribution in [1.82, 2.24) is 15.2 Å². The lowest BCUT2D eigenvalue weighted by Gasteiger charge is -2.05. The highest BCUT2D eigenvalue weighted by Crippen LogP contribution is 2.36. The van der Waals surface area contributed by atoms with Crippen molar-refractivity contribution in [2.45, 2.75) is 6.18 Å². The second-order valence-electron chi connectivity index (χ2n) is 4.37. The van der Waals surface area contributed by atoms with Gasteiger partial charge in [0.2, 0.25) is 0 Å². The number of carboxylic acid groups (broad SMARTS) is 1. The topological polar surface area (TPSA) is 81.8 Å². The van der Waals surface area contributed by atoms with E-state index < -0.39 is 23.4 Å². The predicted molar refractivity (Wildman–Crippen MR) is 67.8 cm³/mol. The zero-order valence-electron chi connectivity index (χ0n) is 10.3. The van der Waals surface area contributed by atoms with Gasteiger partial charge in [0.15, 0.2) is 5.69 Å². The lowest BCUT2D eigenvalue weighted by atomic mass is 10.0. The molecule has 0 aliphatic carbocycles. The first-order valence-electron chi connectivity index (χ1n) is 5.85. The minimum absolute atomic E-state index is 0.236. The van der Waals surface area contributed by atoms with Gasteiger partial charge in [-0.15, -0.1) is 0 Å². The number of benzene rings is 1. The Bertz CT molecular complexity index is 833. The van der Waals surface area contributed by atoms with Gasteiger partial charge in [-0.1, -0.05) is 12.1 Å². The third kappa shape index (κ3) is 2.04. The third-order valence-corrected chi connectivity index (χ3v) is 3.11. The maximum atomic E-state index is 12.9. The summed E-state index contributed by atoms with van der Waals surface area (Å²) >= 11 is 0. The van der Waals surface area contributed by atoms with Crippen LogP contribution in [-0.2, 0) is 6.18 Å². The van der Waals surface area contributed by atoms with E-state index in [-0.39, 0.29) is 5.69 Å².